The Hall–Kier alpha value is -2.81. The van der Waals surface area contributed by atoms with E-state index in [1.165, 1.54) is 4.90 Å². The number of piperidine rings is 1. The number of rotatable bonds is 7. The van der Waals surface area contributed by atoms with Gasteiger partial charge in [0.1, 0.15) is 5.75 Å². The maximum Gasteiger partial charge on any atom is 0.335 e. The van der Waals surface area contributed by atoms with Crippen molar-refractivity contribution in [1.82, 2.24) is 9.88 Å². The van der Waals surface area contributed by atoms with E-state index in [9.17, 15) is 23.1 Å². The average Bonchev–Trinajstić information content (AvgIpc) is 3.21. The first-order chi connectivity index (χ1) is 14.9. The second kappa shape index (κ2) is 9.13. The van der Waals surface area contributed by atoms with Crippen LogP contribution in [-0.4, -0.2) is 59.9 Å². The van der Waals surface area contributed by atoms with E-state index in [1.807, 2.05) is 12.1 Å². The highest BCUT2D eigenvalue weighted by Gasteiger charge is 2.31. The Balaban J connectivity index is 1.36. The van der Waals surface area contributed by atoms with Gasteiger partial charge in [0.15, 0.2) is 0 Å². The highest BCUT2D eigenvalue weighted by Crippen LogP contribution is 2.36. The lowest BCUT2D eigenvalue weighted by atomic mass is 9.98. The largest absolute Gasteiger partial charge is 0.492 e. The minimum Gasteiger partial charge on any atom is -0.492 e. The quantitative estimate of drug-likeness (QED) is 0.660. The summed E-state index contributed by atoms with van der Waals surface area (Å²) >= 11 is 0. The third-order valence-electron chi connectivity index (χ3n) is 5.92. The number of carbonyl (C=O) groups is 1. The number of likely N-dealkylation sites (tertiary alicyclic amines) is 1. The number of hydrogen-bond donors (Lipinski definition) is 1. The minimum absolute atomic E-state index is 0.173. The molecule has 3 heterocycles. The van der Waals surface area contributed by atoms with Gasteiger partial charge in [-0.1, -0.05) is 0 Å². The predicted molar refractivity (Wildman–Crippen MR) is 109 cm³/mol. The number of aromatic nitrogens is 1. The highest BCUT2D eigenvalue weighted by molar-refractivity contribution is 5.89. The van der Waals surface area contributed by atoms with Crippen molar-refractivity contribution < 1.29 is 27.8 Å². The molecule has 0 saturated carbocycles. The normalized spacial score (nSPS) is 18.3. The van der Waals surface area contributed by atoms with Gasteiger partial charge >= 0.3 is 5.97 Å². The molecule has 6 nitrogen and oxygen atoms in total. The molecule has 0 bridgehead atoms. The topological polar surface area (TPSA) is 65.9 Å². The first-order valence-corrected chi connectivity index (χ1v) is 10.3. The number of ether oxygens (including phenoxy) is 1. The standard InChI is InChI=1S/C22H24F3N3O3/c23-20(24)21(25)27-6-3-14(4-7-27)13-31-18-10-17(11-26-12-18)28-8-5-15-9-16(22(29)30)1-2-19(15)28/h1-2,9-12,14,20-21H,3-8,13H2,(H,29,30). The molecule has 2 aliphatic rings. The van der Waals surface area contributed by atoms with Gasteiger partial charge < -0.3 is 14.7 Å². The van der Waals surface area contributed by atoms with Crippen LogP contribution in [0.15, 0.2) is 36.7 Å². The van der Waals surface area contributed by atoms with Crippen molar-refractivity contribution in [1.29, 1.82) is 0 Å². The molecular formula is C22H24F3N3O3. The van der Waals surface area contributed by atoms with Gasteiger partial charge in [-0.15, -0.1) is 0 Å². The van der Waals surface area contributed by atoms with Crippen LogP contribution in [-0.2, 0) is 6.42 Å². The molecule has 31 heavy (non-hydrogen) atoms. The van der Waals surface area contributed by atoms with Crippen LogP contribution in [0.4, 0.5) is 24.5 Å². The third kappa shape index (κ3) is 4.76. The molecule has 1 unspecified atom stereocenters. The average molecular weight is 435 g/mol. The fourth-order valence-electron chi connectivity index (χ4n) is 4.18. The lowest BCUT2D eigenvalue weighted by molar-refractivity contribution is -0.0626. The van der Waals surface area contributed by atoms with Crippen LogP contribution < -0.4 is 9.64 Å². The minimum atomic E-state index is -2.98. The summed E-state index contributed by atoms with van der Waals surface area (Å²) in [5, 5.41) is 9.17. The summed E-state index contributed by atoms with van der Waals surface area (Å²) in [6.45, 7) is 1.72. The van der Waals surface area contributed by atoms with Crippen LogP contribution in [0.25, 0.3) is 0 Å². The van der Waals surface area contributed by atoms with Crippen LogP contribution in [0.1, 0.15) is 28.8 Å². The Morgan fingerprint density at radius 2 is 1.94 bits per heavy atom. The molecule has 2 aromatic rings. The van der Waals surface area contributed by atoms with Crippen molar-refractivity contribution in [2.24, 2.45) is 5.92 Å². The molecule has 1 N–H and O–H groups in total. The van der Waals surface area contributed by atoms with Gasteiger partial charge in [-0.25, -0.2) is 18.0 Å². The summed E-state index contributed by atoms with van der Waals surface area (Å²) in [5.74, 6) is -0.168. The number of aromatic carboxylic acids is 1. The second-order valence-corrected chi connectivity index (χ2v) is 7.93. The summed E-state index contributed by atoms with van der Waals surface area (Å²) in [6.07, 6.45) is 0.131. The molecule has 0 spiro atoms. The SMILES string of the molecule is O=C(O)c1ccc2c(c1)CCN2c1cncc(OCC2CCN(C(F)C(F)F)CC2)c1. The maximum absolute atomic E-state index is 13.5. The molecule has 2 aliphatic heterocycles. The summed E-state index contributed by atoms with van der Waals surface area (Å²) in [6, 6.07) is 6.99. The van der Waals surface area contributed by atoms with Crippen LogP contribution in [0, 0.1) is 5.92 Å². The fourth-order valence-corrected chi connectivity index (χ4v) is 4.18. The Kier molecular flexibility index (Phi) is 6.31. The molecule has 0 aliphatic carbocycles. The van der Waals surface area contributed by atoms with Gasteiger partial charge in [0, 0.05) is 31.4 Å². The van der Waals surface area contributed by atoms with Gasteiger partial charge in [0.25, 0.3) is 6.43 Å². The number of halogens is 3. The molecule has 0 amide bonds. The van der Waals surface area contributed by atoms with Crippen molar-refractivity contribution >= 4 is 17.3 Å². The molecule has 0 radical (unpaired) electrons. The lowest BCUT2D eigenvalue weighted by Gasteiger charge is -2.33. The van der Waals surface area contributed by atoms with Gasteiger partial charge in [-0.2, -0.15) is 0 Å². The summed E-state index contributed by atoms with van der Waals surface area (Å²) in [7, 11) is 0. The first kappa shape index (κ1) is 21.4. The van der Waals surface area contributed by atoms with Crippen LogP contribution in [0.3, 0.4) is 0 Å². The zero-order chi connectivity index (χ0) is 22.0. The molecule has 1 atom stereocenters. The molecule has 1 aromatic carbocycles. The molecule has 166 valence electrons. The number of hydrogen-bond acceptors (Lipinski definition) is 5. The molecule has 4 rings (SSSR count). The van der Waals surface area contributed by atoms with E-state index in [0.29, 0.717) is 38.3 Å². The van der Waals surface area contributed by atoms with Crippen LogP contribution >= 0.6 is 0 Å². The number of benzene rings is 1. The monoisotopic (exact) mass is 435 g/mol. The molecular weight excluding hydrogens is 411 g/mol. The third-order valence-corrected chi connectivity index (χ3v) is 5.92. The van der Waals surface area contributed by atoms with Gasteiger partial charge in [-0.3, -0.25) is 9.88 Å². The summed E-state index contributed by atoms with van der Waals surface area (Å²) in [5.41, 5.74) is 3.06. The number of alkyl halides is 3. The summed E-state index contributed by atoms with van der Waals surface area (Å²) in [4.78, 5) is 18.7. The highest BCUT2D eigenvalue weighted by atomic mass is 19.3. The van der Waals surface area contributed by atoms with E-state index < -0.39 is 18.7 Å². The number of carboxylic acids is 1. The van der Waals surface area contributed by atoms with E-state index >= 15 is 0 Å². The number of anilines is 2. The molecule has 1 saturated heterocycles. The van der Waals surface area contributed by atoms with E-state index in [0.717, 1.165) is 29.9 Å². The second-order valence-electron chi connectivity index (χ2n) is 7.93. The maximum atomic E-state index is 13.5. The van der Waals surface area contributed by atoms with E-state index in [2.05, 4.69) is 9.88 Å². The van der Waals surface area contributed by atoms with Crippen LogP contribution in [0.5, 0.6) is 5.75 Å². The zero-order valence-corrected chi connectivity index (χ0v) is 16.9. The Labute approximate surface area is 178 Å². The van der Waals surface area contributed by atoms with Crippen molar-refractivity contribution in [2.45, 2.75) is 32.0 Å². The number of carboxylic acid groups (broad SMARTS) is 1. The number of pyridine rings is 1. The Bertz CT molecular complexity index is 935. The smallest absolute Gasteiger partial charge is 0.335 e. The number of nitrogens with zero attached hydrogens (tertiary/aromatic N) is 3. The molecule has 1 aromatic heterocycles. The Morgan fingerprint density at radius 3 is 2.65 bits per heavy atom. The fraction of sp³-hybridized carbons (Fsp3) is 0.455. The van der Waals surface area contributed by atoms with Crippen molar-refractivity contribution in [2.75, 3.05) is 31.1 Å². The van der Waals surface area contributed by atoms with Gasteiger partial charge in [0.2, 0.25) is 6.30 Å². The Morgan fingerprint density at radius 1 is 1.16 bits per heavy atom. The van der Waals surface area contributed by atoms with Gasteiger partial charge in [-0.05, 0) is 48.9 Å². The molecule has 1 fully saturated rings. The number of fused-ring (bicyclic) bond motifs is 1. The van der Waals surface area contributed by atoms with Crippen molar-refractivity contribution in [3.63, 3.8) is 0 Å². The van der Waals surface area contributed by atoms with Crippen molar-refractivity contribution in [3.05, 3.63) is 47.8 Å². The van der Waals surface area contributed by atoms with Crippen molar-refractivity contribution in [3.8, 4) is 5.75 Å². The van der Waals surface area contributed by atoms with E-state index in [4.69, 9.17) is 4.74 Å². The predicted octanol–water partition coefficient (Wildman–Crippen LogP) is 4.13. The van der Waals surface area contributed by atoms with E-state index in [1.54, 1.807) is 24.5 Å². The van der Waals surface area contributed by atoms with E-state index in [-0.39, 0.29) is 11.5 Å². The van der Waals surface area contributed by atoms with Gasteiger partial charge in [0.05, 0.1) is 30.3 Å². The summed E-state index contributed by atoms with van der Waals surface area (Å²) < 4.78 is 44.4. The van der Waals surface area contributed by atoms with Crippen LogP contribution in [0.2, 0.25) is 0 Å². The zero-order valence-electron chi connectivity index (χ0n) is 16.9. The molecule has 9 heteroatoms. The first-order valence-electron chi connectivity index (χ1n) is 10.3. The lowest BCUT2D eigenvalue weighted by Crippen LogP contribution is -2.43.